The van der Waals surface area contributed by atoms with Gasteiger partial charge in [0, 0.05) is 5.69 Å². The van der Waals surface area contributed by atoms with Crippen LogP contribution in [0.2, 0.25) is 0 Å². The minimum Gasteiger partial charge on any atom is -0.490 e. The summed E-state index contributed by atoms with van der Waals surface area (Å²) in [4.78, 5) is 41.9. The van der Waals surface area contributed by atoms with E-state index in [0.717, 1.165) is 25.7 Å². The van der Waals surface area contributed by atoms with Crippen molar-refractivity contribution in [2.24, 2.45) is 0 Å². The Labute approximate surface area is 244 Å². The molecule has 218 valence electrons. The summed E-state index contributed by atoms with van der Waals surface area (Å²) < 4.78 is 23.3. The molecule has 1 atom stereocenters. The number of nitrogens with zero attached hydrogens (tertiary/aromatic N) is 1. The predicted octanol–water partition coefficient (Wildman–Crippen LogP) is 7.08. The van der Waals surface area contributed by atoms with Crippen LogP contribution in [0.15, 0.2) is 75.9 Å². The fourth-order valence-electron chi connectivity index (χ4n) is 5.06. The third kappa shape index (κ3) is 5.62. The van der Waals surface area contributed by atoms with E-state index in [0.29, 0.717) is 59.1 Å². The molecule has 1 aliphatic heterocycles. The summed E-state index contributed by atoms with van der Waals surface area (Å²) in [5.74, 6) is 0.250. The Bertz CT molecular complexity index is 1640. The van der Waals surface area contributed by atoms with Crippen molar-refractivity contribution in [3.8, 4) is 11.5 Å². The van der Waals surface area contributed by atoms with E-state index in [1.807, 2.05) is 32.0 Å². The van der Waals surface area contributed by atoms with Crippen LogP contribution in [0.25, 0.3) is 11.0 Å². The maximum absolute atomic E-state index is 14.0. The van der Waals surface area contributed by atoms with E-state index in [-0.39, 0.29) is 16.8 Å². The number of hydrogen-bond donors (Lipinski definition) is 0. The van der Waals surface area contributed by atoms with E-state index < -0.39 is 17.9 Å². The zero-order valence-electron chi connectivity index (χ0n) is 24.2. The fraction of sp³-hybridized carbons (Fsp3) is 0.324. The molecule has 5 rings (SSSR count). The second kappa shape index (κ2) is 12.9. The Morgan fingerprint density at radius 3 is 2.33 bits per heavy atom. The monoisotopic (exact) mass is 569 g/mol. The number of ether oxygens (including phenoxy) is 3. The van der Waals surface area contributed by atoms with Crippen molar-refractivity contribution in [1.29, 1.82) is 0 Å². The third-order valence-electron chi connectivity index (χ3n) is 7.23. The summed E-state index contributed by atoms with van der Waals surface area (Å²) >= 11 is 0. The summed E-state index contributed by atoms with van der Waals surface area (Å²) in [5, 5.41) is 0.394. The molecule has 0 aliphatic carbocycles. The number of esters is 1. The van der Waals surface area contributed by atoms with Crippen LogP contribution < -0.4 is 19.8 Å². The first kappa shape index (κ1) is 28.9. The van der Waals surface area contributed by atoms with Gasteiger partial charge in [-0.15, -0.1) is 0 Å². The van der Waals surface area contributed by atoms with Gasteiger partial charge in [-0.25, -0.2) is 4.79 Å². The van der Waals surface area contributed by atoms with Gasteiger partial charge in [0.15, 0.2) is 16.9 Å². The minimum absolute atomic E-state index is 0.00650. The molecule has 4 aromatic rings. The first-order valence-electron chi connectivity index (χ1n) is 14.5. The van der Waals surface area contributed by atoms with E-state index >= 15 is 0 Å². The number of anilines is 1. The van der Waals surface area contributed by atoms with Gasteiger partial charge in [0.05, 0.1) is 42.4 Å². The van der Waals surface area contributed by atoms with Crippen LogP contribution in [-0.2, 0) is 4.74 Å². The van der Waals surface area contributed by atoms with Crippen LogP contribution in [0.3, 0.4) is 0 Å². The number of amides is 1. The molecule has 0 fully saturated rings. The lowest BCUT2D eigenvalue weighted by Gasteiger charge is -2.26. The Morgan fingerprint density at radius 1 is 0.857 bits per heavy atom. The smallest absolute Gasteiger partial charge is 0.338 e. The van der Waals surface area contributed by atoms with Crippen molar-refractivity contribution >= 4 is 28.5 Å². The van der Waals surface area contributed by atoms with Gasteiger partial charge in [0.25, 0.3) is 5.91 Å². The van der Waals surface area contributed by atoms with Crippen molar-refractivity contribution in [3.05, 3.63) is 99.4 Å². The number of benzene rings is 3. The van der Waals surface area contributed by atoms with Gasteiger partial charge in [-0.2, -0.15) is 0 Å². The molecule has 42 heavy (non-hydrogen) atoms. The van der Waals surface area contributed by atoms with Crippen LogP contribution in [0.1, 0.15) is 84.5 Å². The second-order valence-electron chi connectivity index (χ2n) is 10.1. The zero-order valence-corrected chi connectivity index (χ0v) is 24.2. The molecule has 0 saturated heterocycles. The second-order valence-corrected chi connectivity index (χ2v) is 10.1. The molecule has 0 N–H and O–H groups in total. The normalized spacial score (nSPS) is 14.2. The lowest BCUT2D eigenvalue weighted by molar-refractivity contribution is 0.0499. The summed E-state index contributed by atoms with van der Waals surface area (Å²) in [6.45, 7) is 7.32. The molecule has 2 heterocycles. The van der Waals surface area contributed by atoms with E-state index in [9.17, 15) is 14.4 Å². The van der Waals surface area contributed by atoms with E-state index in [1.54, 1.807) is 48.5 Å². The minimum atomic E-state index is -0.792. The molecule has 8 nitrogen and oxygen atoms in total. The number of unbranched alkanes of at least 4 members (excludes halogenated alkanes) is 2. The molecular weight excluding hydrogens is 534 g/mol. The number of rotatable bonds is 12. The maximum Gasteiger partial charge on any atom is 0.338 e. The number of carbonyl (C=O) groups excluding carboxylic acids is 2. The van der Waals surface area contributed by atoms with Gasteiger partial charge in [0.2, 0.25) is 5.76 Å². The summed E-state index contributed by atoms with van der Waals surface area (Å²) in [5.41, 5.74) is 1.87. The molecule has 0 radical (unpaired) electrons. The predicted molar refractivity (Wildman–Crippen MR) is 161 cm³/mol. The number of carbonyl (C=O) groups is 2. The first-order chi connectivity index (χ1) is 20.5. The largest absolute Gasteiger partial charge is 0.490 e. The molecule has 1 amide bonds. The van der Waals surface area contributed by atoms with Gasteiger partial charge in [0.1, 0.15) is 5.58 Å². The van der Waals surface area contributed by atoms with E-state index in [2.05, 4.69) is 6.92 Å². The average molecular weight is 570 g/mol. The summed E-state index contributed by atoms with van der Waals surface area (Å²) in [6.07, 6.45) is 3.61. The highest BCUT2D eigenvalue weighted by Crippen LogP contribution is 2.43. The SMILES string of the molecule is CCCCOC(=O)c1ccc(N2C(=O)c3oc4ccccc4c(=O)c3C2c2ccc(OCCCC)c(OCC)c2)cc1. The fourth-order valence-corrected chi connectivity index (χ4v) is 5.06. The number of fused-ring (bicyclic) bond motifs is 2. The van der Waals surface area contributed by atoms with Crippen LogP contribution in [-0.4, -0.2) is 31.7 Å². The van der Waals surface area contributed by atoms with Crippen LogP contribution >= 0.6 is 0 Å². The topological polar surface area (TPSA) is 95.3 Å². The van der Waals surface area contributed by atoms with Crippen molar-refractivity contribution in [2.75, 3.05) is 24.7 Å². The highest BCUT2D eigenvalue weighted by atomic mass is 16.5. The molecular formula is C34H35NO7. The standard InChI is InChI=1S/C34H35NO7/c1-4-7-19-40-27-18-15-23(21-28(27)39-6-3)30-29-31(36)25-11-9-10-12-26(25)42-32(29)33(37)35(30)24-16-13-22(14-17-24)34(38)41-20-8-5-2/h9-18,21,30H,4-8,19-20H2,1-3H3. The Hall–Kier alpha value is -4.59. The van der Waals surface area contributed by atoms with E-state index in [4.69, 9.17) is 18.6 Å². The first-order valence-corrected chi connectivity index (χ1v) is 14.5. The van der Waals surface area contributed by atoms with Crippen LogP contribution in [0.4, 0.5) is 5.69 Å². The Balaban J connectivity index is 1.61. The summed E-state index contributed by atoms with van der Waals surface area (Å²) in [7, 11) is 0. The van der Waals surface area contributed by atoms with Crippen molar-refractivity contribution < 1.29 is 28.2 Å². The highest BCUT2D eigenvalue weighted by Gasteiger charge is 2.44. The molecule has 1 aromatic heterocycles. The number of hydrogen-bond acceptors (Lipinski definition) is 7. The lowest BCUT2D eigenvalue weighted by Crippen LogP contribution is -2.29. The maximum atomic E-state index is 14.0. The Morgan fingerprint density at radius 2 is 1.60 bits per heavy atom. The highest BCUT2D eigenvalue weighted by molar-refractivity contribution is 6.10. The summed E-state index contributed by atoms with van der Waals surface area (Å²) in [6, 6.07) is 18.2. The van der Waals surface area contributed by atoms with Crippen LogP contribution in [0, 0.1) is 0 Å². The van der Waals surface area contributed by atoms with Gasteiger partial charge in [-0.3, -0.25) is 14.5 Å². The van der Waals surface area contributed by atoms with Crippen molar-refractivity contribution in [3.63, 3.8) is 0 Å². The number of para-hydroxylation sites is 1. The molecule has 1 aliphatic rings. The Kier molecular flexibility index (Phi) is 8.91. The van der Waals surface area contributed by atoms with Gasteiger partial charge >= 0.3 is 5.97 Å². The van der Waals surface area contributed by atoms with Crippen LogP contribution in [0.5, 0.6) is 11.5 Å². The quantitative estimate of drug-likeness (QED) is 0.133. The molecule has 0 spiro atoms. The van der Waals surface area contributed by atoms with E-state index in [1.165, 1.54) is 4.90 Å². The van der Waals surface area contributed by atoms with Gasteiger partial charge in [-0.1, -0.05) is 44.9 Å². The van der Waals surface area contributed by atoms with Crippen molar-refractivity contribution in [1.82, 2.24) is 0 Å². The molecule has 0 bridgehead atoms. The lowest BCUT2D eigenvalue weighted by atomic mass is 9.97. The molecule has 1 unspecified atom stereocenters. The average Bonchev–Trinajstić information content (AvgIpc) is 3.30. The molecule has 0 saturated carbocycles. The molecule has 3 aromatic carbocycles. The third-order valence-corrected chi connectivity index (χ3v) is 7.23. The van der Waals surface area contributed by atoms with Gasteiger partial charge in [-0.05, 0) is 73.9 Å². The molecule has 8 heteroatoms. The van der Waals surface area contributed by atoms with Gasteiger partial charge < -0.3 is 18.6 Å². The van der Waals surface area contributed by atoms with Crippen molar-refractivity contribution in [2.45, 2.75) is 52.5 Å². The zero-order chi connectivity index (χ0) is 29.6.